The molecule has 0 spiro atoms. The fraction of sp³-hybridized carbons (Fsp3) is 0.744. The summed E-state index contributed by atoms with van der Waals surface area (Å²) in [7, 11) is -4.72. The molecule has 0 rings (SSSR count). The average molecular weight is 798 g/mol. The first-order chi connectivity index (χ1) is 26.6. The van der Waals surface area contributed by atoms with E-state index in [1.165, 1.54) is 51.4 Å². The number of nitrogens with two attached hydrogens (primary N) is 1. The van der Waals surface area contributed by atoms with E-state index in [1.54, 1.807) is 0 Å². The average Bonchev–Trinajstić information content (AvgIpc) is 3.16. The van der Waals surface area contributed by atoms with Crippen LogP contribution in [0.5, 0.6) is 0 Å². The topological polar surface area (TPSA) is 172 Å². The highest BCUT2D eigenvalue weighted by Crippen LogP contribution is 2.43. The van der Waals surface area contributed by atoms with Crippen LogP contribution in [0.2, 0.25) is 0 Å². The molecule has 0 aliphatic rings. The molecule has 0 aromatic rings. The minimum atomic E-state index is -4.72. The molecule has 0 aromatic heterocycles. The normalized spacial score (nSPS) is 14.3. The van der Waals surface area contributed by atoms with Crippen molar-refractivity contribution in [3.63, 3.8) is 0 Å². The molecule has 0 saturated heterocycles. The van der Waals surface area contributed by atoms with E-state index in [4.69, 9.17) is 24.8 Å². The maximum atomic E-state index is 12.6. The van der Waals surface area contributed by atoms with Crippen molar-refractivity contribution in [1.29, 1.82) is 0 Å². The Morgan fingerprint density at radius 1 is 0.564 bits per heavy atom. The van der Waals surface area contributed by atoms with Crippen molar-refractivity contribution in [2.75, 3.05) is 19.8 Å². The number of allylic oxidation sites excluding steroid dienone is 8. The summed E-state index contributed by atoms with van der Waals surface area (Å²) < 4.78 is 32.6. The first kappa shape index (κ1) is 52.4. The zero-order valence-electron chi connectivity index (χ0n) is 34.3. The zero-order valence-corrected chi connectivity index (χ0v) is 35.2. The van der Waals surface area contributed by atoms with Crippen molar-refractivity contribution in [2.45, 2.75) is 187 Å². The predicted octanol–water partition coefficient (Wildman–Crippen LogP) is 11.0. The van der Waals surface area contributed by atoms with Gasteiger partial charge in [-0.15, -0.1) is 0 Å². The number of carboxylic acid groups (broad SMARTS) is 1. The van der Waals surface area contributed by atoms with E-state index in [1.807, 2.05) is 0 Å². The number of carboxylic acids is 1. The summed E-state index contributed by atoms with van der Waals surface area (Å²) in [6, 6.07) is -1.53. The lowest BCUT2D eigenvalue weighted by molar-refractivity contribution is -0.161. The Bertz CT molecular complexity index is 1120. The van der Waals surface area contributed by atoms with Crippen LogP contribution in [0.1, 0.15) is 174 Å². The Hall–Kier alpha value is -2.56. The van der Waals surface area contributed by atoms with Crippen LogP contribution in [-0.4, -0.2) is 59.9 Å². The van der Waals surface area contributed by atoms with E-state index in [0.717, 1.165) is 83.5 Å². The Morgan fingerprint density at radius 3 is 1.49 bits per heavy atom. The van der Waals surface area contributed by atoms with Gasteiger partial charge in [-0.1, -0.05) is 133 Å². The van der Waals surface area contributed by atoms with Gasteiger partial charge >= 0.3 is 25.7 Å². The summed E-state index contributed by atoms with van der Waals surface area (Å²) in [5, 5.41) is 8.88. The van der Waals surface area contributed by atoms with Crippen LogP contribution in [0, 0.1) is 0 Å². The maximum Gasteiger partial charge on any atom is 0.472 e. The lowest BCUT2D eigenvalue weighted by atomic mass is 10.1. The largest absolute Gasteiger partial charge is 0.480 e. The Morgan fingerprint density at radius 2 is 0.964 bits per heavy atom. The SMILES string of the molecule is CCCCC/C=C/C/C=C/C/C=C/CCCCCCC(=O)O[C@H](COC(=O)CCCCCCC/C=C/CCCCCCC)COP(=O)(O)OC[C@H](N)C(=O)O. The van der Waals surface area contributed by atoms with Gasteiger partial charge in [-0.3, -0.25) is 23.4 Å². The summed E-state index contributed by atoms with van der Waals surface area (Å²) in [6.07, 6.45) is 41.7. The molecule has 0 saturated carbocycles. The summed E-state index contributed by atoms with van der Waals surface area (Å²) in [6.45, 7) is 2.72. The van der Waals surface area contributed by atoms with E-state index in [9.17, 15) is 23.8 Å². The van der Waals surface area contributed by atoms with Crippen LogP contribution in [-0.2, 0) is 37.5 Å². The van der Waals surface area contributed by atoms with Crippen LogP contribution in [0.15, 0.2) is 48.6 Å². The molecule has 0 aliphatic carbocycles. The summed E-state index contributed by atoms with van der Waals surface area (Å²) in [5.74, 6) is -2.42. The molecule has 0 bridgehead atoms. The smallest absolute Gasteiger partial charge is 0.472 e. The minimum Gasteiger partial charge on any atom is -0.480 e. The Kier molecular flexibility index (Phi) is 36.5. The lowest BCUT2D eigenvalue weighted by Crippen LogP contribution is -2.34. The summed E-state index contributed by atoms with van der Waals surface area (Å²) >= 11 is 0. The molecule has 0 fully saturated rings. The second-order valence-corrected chi connectivity index (χ2v) is 15.6. The molecule has 55 heavy (non-hydrogen) atoms. The molecular formula is C43H76NO10P. The second kappa shape index (κ2) is 38.3. The van der Waals surface area contributed by atoms with Gasteiger partial charge in [0.25, 0.3) is 0 Å². The van der Waals surface area contributed by atoms with Gasteiger partial charge in [0.1, 0.15) is 12.6 Å². The number of carbonyl (C=O) groups is 3. The number of unbranched alkanes of at least 4 members (excludes halogenated alkanes) is 17. The van der Waals surface area contributed by atoms with Crippen molar-refractivity contribution in [3.8, 4) is 0 Å². The van der Waals surface area contributed by atoms with Crippen molar-refractivity contribution in [2.24, 2.45) is 5.73 Å². The zero-order chi connectivity index (χ0) is 40.7. The van der Waals surface area contributed by atoms with Gasteiger partial charge in [0.2, 0.25) is 0 Å². The van der Waals surface area contributed by atoms with Crippen molar-refractivity contribution >= 4 is 25.7 Å². The number of aliphatic carboxylic acids is 1. The Balaban J connectivity index is 4.45. The number of carbonyl (C=O) groups excluding carboxylic acids is 2. The van der Waals surface area contributed by atoms with Gasteiger partial charge < -0.3 is 25.2 Å². The molecule has 1 unspecified atom stereocenters. The van der Waals surface area contributed by atoms with Gasteiger partial charge in [-0.05, 0) is 77.0 Å². The number of rotatable bonds is 39. The molecular weight excluding hydrogens is 721 g/mol. The van der Waals surface area contributed by atoms with Crippen LogP contribution < -0.4 is 5.73 Å². The highest BCUT2D eigenvalue weighted by molar-refractivity contribution is 7.47. The van der Waals surface area contributed by atoms with Gasteiger partial charge in [0.15, 0.2) is 6.10 Å². The third-order valence-corrected chi connectivity index (χ3v) is 9.75. The monoisotopic (exact) mass is 798 g/mol. The van der Waals surface area contributed by atoms with E-state index >= 15 is 0 Å². The predicted molar refractivity (Wildman–Crippen MR) is 222 cm³/mol. The molecule has 0 aliphatic heterocycles. The van der Waals surface area contributed by atoms with Gasteiger partial charge in [-0.2, -0.15) is 0 Å². The van der Waals surface area contributed by atoms with E-state index in [-0.39, 0.29) is 19.4 Å². The molecule has 11 nitrogen and oxygen atoms in total. The highest BCUT2D eigenvalue weighted by Gasteiger charge is 2.28. The van der Waals surface area contributed by atoms with Gasteiger partial charge in [0.05, 0.1) is 13.2 Å². The molecule has 12 heteroatoms. The van der Waals surface area contributed by atoms with Crippen LogP contribution in [0.3, 0.4) is 0 Å². The maximum absolute atomic E-state index is 12.6. The molecule has 0 aromatic carbocycles. The number of phosphoric ester groups is 1. The number of esters is 2. The fourth-order valence-electron chi connectivity index (χ4n) is 5.42. The van der Waals surface area contributed by atoms with Crippen molar-refractivity contribution in [1.82, 2.24) is 0 Å². The van der Waals surface area contributed by atoms with E-state index in [0.29, 0.717) is 12.8 Å². The van der Waals surface area contributed by atoms with E-state index < -0.39 is 51.1 Å². The van der Waals surface area contributed by atoms with Crippen LogP contribution in [0.4, 0.5) is 0 Å². The van der Waals surface area contributed by atoms with Gasteiger partial charge in [0, 0.05) is 12.8 Å². The van der Waals surface area contributed by atoms with Crippen molar-refractivity contribution < 1.29 is 47.5 Å². The second-order valence-electron chi connectivity index (χ2n) is 14.1. The van der Waals surface area contributed by atoms with Crippen LogP contribution in [0.25, 0.3) is 0 Å². The number of hydrogen-bond acceptors (Lipinski definition) is 9. The summed E-state index contributed by atoms with van der Waals surface area (Å²) in [4.78, 5) is 45.9. The lowest BCUT2D eigenvalue weighted by Gasteiger charge is -2.20. The third-order valence-electron chi connectivity index (χ3n) is 8.80. The molecule has 4 N–H and O–H groups in total. The summed E-state index contributed by atoms with van der Waals surface area (Å²) in [5.41, 5.74) is 5.33. The molecule has 0 radical (unpaired) electrons. The highest BCUT2D eigenvalue weighted by atomic mass is 31.2. The van der Waals surface area contributed by atoms with Crippen molar-refractivity contribution in [3.05, 3.63) is 48.6 Å². The van der Waals surface area contributed by atoms with E-state index in [2.05, 4.69) is 67.0 Å². The molecule has 0 amide bonds. The minimum absolute atomic E-state index is 0.133. The first-order valence-corrected chi connectivity index (χ1v) is 22.7. The number of hydrogen-bond donors (Lipinski definition) is 3. The Labute approximate surface area is 333 Å². The first-order valence-electron chi connectivity index (χ1n) is 21.2. The number of phosphoric acid groups is 1. The quantitative estimate of drug-likeness (QED) is 0.0234. The molecule has 318 valence electrons. The standard InChI is InChI=1S/C43H76NO10P/c1-3-5-7-9-11-13-15-17-19-20-21-23-25-27-29-31-33-35-42(46)54-39(37-52-55(49,50)53-38-40(44)43(47)48)36-51-41(45)34-32-30-28-26-24-22-18-16-14-12-10-8-6-4-2/h11,13,16-19,21,23,39-40H,3-10,12,14-15,20,22,24-38,44H2,1-2H3,(H,47,48)(H,49,50)/b13-11+,18-16+,19-17+,23-21+/t39-,40+/m1/s1. The number of ether oxygens (including phenoxy) is 2. The third kappa shape index (κ3) is 38.1. The fourth-order valence-corrected chi connectivity index (χ4v) is 6.20. The van der Waals surface area contributed by atoms with Crippen LogP contribution >= 0.6 is 7.82 Å². The molecule has 0 heterocycles. The van der Waals surface area contributed by atoms with Gasteiger partial charge in [-0.25, -0.2) is 4.57 Å². The molecule has 3 atom stereocenters.